The zero-order chi connectivity index (χ0) is 14.6. The second-order valence-corrected chi connectivity index (χ2v) is 5.02. The first kappa shape index (κ1) is 14.8. The third-order valence-corrected chi connectivity index (χ3v) is 3.55. The van der Waals surface area contributed by atoms with E-state index in [2.05, 4.69) is 10.2 Å². The van der Waals surface area contributed by atoms with Gasteiger partial charge in [-0.15, -0.1) is 0 Å². The lowest BCUT2D eigenvalue weighted by Gasteiger charge is -2.16. The van der Waals surface area contributed by atoms with Crippen molar-refractivity contribution in [3.8, 4) is 0 Å². The molecule has 1 unspecified atom stereocenters. The summed E-state index contributed by atoms with van der Waals surface area (Å²) in [4.78, 5) is 12.5. The standard InChI is InChI=1S/C14H17F3N2O/c15-14(16,17)12-3-1-2-11(8-12)4-6-19-7-5-13(9-19)18-10-20/h1-3,8,10,13H,4-7,9H2,(H,18,20). The van der Waals surface area contributed by atoms with Crippen molar-refractivity contribution in [1.82, 2.24) is 10.2 Å². The van der Waals surface area contributed by atoms with Gasteiger partial charge in [0.05, 0.1) is 5.56 Å². The number of nitrogens with one attached hydrogen (secondary N) is 1. The van der Waals surface area contributed by atoms with Crippen molar-refractivity contribution in [1.29, 1.82) is 0 Å². The van der Waals surface area contributed by atoms with E-state index in [9.17, 15) is 18.0 Å². The van der Waals surface area contributed by atoms with Crippen LogP contribution >= 0.6 is 0 Å². The zero-order valence-corrected chi connectivity index (χ0v) is 11.0. The van der Waals surface area contributed by atoms with E-state index in [0.717, 1.165) is 25.6 Å². The van der Waals surface area contributed by atoms with Gasteiger partial charge in [0.15, 0.2) is 0 Å². The van der Waals surface area contributed by atoms with Gasteiger partial charge in [-0.1, -0.05) is 18.2 Å². The van der Waals surface area contributed by atoms with Crippen LogP contribution in [0.2, 0.25) is 0 Å². The minimum atomic E-state index is -4.29. The largest absolute Gasteiger partial charge is 0.416 e. The average molecular weight is 286 g/mol. The highest BCUT2D eigenvalue weighted by atomic mass is 19.4. The number of carbonyl (C=O) groups excluding carboxylic acids is 1. The molecule has 0 spiro atoms. The molecule has 0 bridgehead atoms. The van der Waals surface area contributed by atoms with Crippen molar-refractivity contribution in [2.24, 2.45) is 0 Å². The van der Waals surface area contributed by atoms with Crippen LogP contribution in [0.1, 0.15) is 17.5 Å². The van der Waals surface area contributed by atoms with Gasteiger partial charge in [0.25, 0.3) is 0 Å². The van der Waals surface area contributed by atoms with Gasteiger partial charge in [0.1, 0.15) is 0 Å². The van der Waals surface area contributed by atoms with Gasteiger partial charge in [-0.3, -0.25) is 4.79 Å². The molecule has 1 amide bonds. The van der Waals surface area contributed by atoms with Gasteiger partial charge < -0.3 is 10.2 Å². The molecular formula is C14H17F3N2O. The zero-order valence-electron chi connectivity index (χ0n) is 11.0. The van der Waals surface area contributed by atoms with Crippen LogP contribution in [0.25, 0.3) is 0 Å². The SMILES string of the molecule is O=CNC1CCN(CCc2cccc(C(F)(F)F)c2)C1. The summed E-state index contributed by atoms with van der Waals surface area (Å²) in [6.07, 6.45) is -2.12. The molecule has 0 aliphatic carbocycles. The number of likely N-dealkylation sites (tertiary alicyclic amines) is 1. The predicted molar refractivity (Wildman–Crippen MR) is 69.2 cm³/mol. The molecule has 0 aromatic heterocycles. The number of benzene rings is 1. The van der Waals surface area contributed by atoms with Crippen molar-refractivity contribution in [2.45, 2.75) is 25.1 Å². The highest BCUT2D eigenvalue weighted by Crippen LogP contribution is 2.29. The fourth-order valence-electron chi connectivity index (χ4n) is 2.46. The van der Waals surface area contributed by atoms with E-state index < -0.39 is 11.7 Å². The van der Waals surface area contributed by atoms with Gasteiger partial charge >= 0.3 is 6.18 Å². The maximum absolute atomic E-state index is 12.6. The molecule has 1 atom stereocenters. The van der Waals surface area contributed by atoms with E-state index in [0.29, 0.717) is 24.9 Å². The van der Waals surface area contributed by atoms with Crippen LogP contribution in [0.3, 0.4) is 0 Å². The van der Waals surface area contributed by atoms with Crippen LogP contribution in [0.4, 0.5) is 13.2 Å². The van der Waals surface area contributed by atoms with Crippen LogP contribution < -0.4 is 5.32 Å². The Balaban J connectivity index is 1.87. The van der Waals surface area contributed by atoms with Gasteiger partial charge in [-0.05, 0) is 24.5 Å². The van der Waals surface area contributed by atoms with E-state index in [1.807, 2.05) is 0 Å². The molecule has 6 heteroatoms. The fourth-order valence-corrected chi connectivity index (χ4v) is 2.46. The molecular weight excluding hydrogens is 269 g/mol. The number of nitrogens with zero attached hydrogens (tertiary/aromatic N) is 1. The highest BCUT2D eigenvalue weighted by molar-refractivity contribution is 5.46. The van der Waals surface area contributed by atoms with E-state index in [4.69, 9.17) is 0 Å². The summed E-state index contributed by atoms with van der Waals surface area (Å²) in [6.45, 7) is 2.33. The molecule has 1 aromatic carbocycles. The Morgan fingerprint density at radius 3 is 2.90 bits per heavy atom. The number of carbonyl (C=O) groups is 1. The summed E-state index contributed by atoms with van der Waals surface area (Å²) < 4.78 is 37.8. The summed E-state index contributed by atoms with van der Waals surface area (Å²) >= 11 is 0. The lowest BCUT2D eigenvalue weighted by Crippen LogP contribution is -2.32. The van der Waals surface area contributed by atoms with Crippen LogP contribution in [-0.4, -0.2) is 37.0 Å². The third-order valence-electron chi connectivity index (χ3n) is 3.55. The maximum Gasteiger partial charge on any atom is 0.416 e. The highest BCUT2D eigenvalue weighted by Gasteiger charge is 2.30. The molecule has 1 saturated heterocycles. The molecule has 3 nitrogen and oxygen atoms in total. The van der Waals surface area contributed by atoms with E-state index in [1.165, 1.54) is 12.1 Å². The first-order valence-corrected chi connectivity index (χ1v) is 6.57. The number of rotatable bonds is 5. The van der Waals surface area contributed by atoms with Crippen molar-refractivity contribution in [3.63, 3.8) is 0 Å². The van der Waals surface area contributed by atoms with Crippen molar-refractivity contribution >= 4 is 6.41 Å². The topological polar surface area (TPSA) is 32.3 Å². The summed E-state index contributed by atoms with van der Waals surface area (Å²) in [7, 11) is 0. The van der Waals surface area contributed by atoms with Gasteiger partial charge in [-0.2, -0.15) is 13.2 Å². The first-order chi connectivity index (χ1) is 9.49. The Morgan fingerprint density at radius 1 is 1.40 bits per heavy atom. The number of hydrogen-bond acceptors (Lipinski definition) is 2. The Bertz CT molecular complexity index is 462. The molecule has 1 heterocycles. The van der Waals surface area contributed by atoms with Crippen LogP contribution in [0.5, 0.6) is 0 Å². The lowest BCUT2D eigenvalue weighted by atomic mass is 10.1. The minimum Gasteiger partial charge on any atom is -0.355 e. The third kappa shape index (κ3) is 3.96. The number of amides is 1. The fraction of sp³-hybridized carbons (Fsp3) is 0.500. The summed E-state index contributed by atoms with van der Waals surface area (Å²) in [5.41, 5.74) is 0.0866. The summed E-state index contributed by atoms with van der Waals surface area (Å²) in [5, 5.41) is 2.73. The van der Waals surface area contributed by atoms with Gasteiger partial charge in [-0.25, -0.2) is 0 Å². The average Bonchev–Trinajstić information content (AvgIpc) is 2.84. The second kappa shape index (κ2) is 6.26. The van der Waals surface area contributed by atoms with Gasteiger partial charge in [0, 0.05) is 25.7 Å². The maximum atomic E-state index is 12.6. The monoisotopic (exact) mass is 286 g/mol. The molecule has 2 rings (SSSR count). The van der Waals surface area contributed by atoms with E-state index in [1.54, 1.807) is 6.07 Å². The van der Waals surface area contributed by atoms with Crippen molar-refractivity contribution in [3.05, 3.63) is 35.4 Å². The Hall–Kier alpha value is -1.56. The molecule has 20 heavy (non-hydrogen) atoms. The molecule has 1 N–H and O–H groups in total. The summed E-state index contributed by atoms with van der Waals surface area (Å²) in [6, 6.07) is 5.61. The molecule has 110 valence electrons. The normalized spacial score (nSPS) is 20.1. The number of halogens is 3. The minimum absolute atomic E-state index is 0.161. The summed E-state index contributed by atoms with van der Waals surface area (Å²) in [5.74, 6) is 0. The van der Waals surface area contributed by atoms with Gasteiger partial charge in [0.2, 0.25) is 6.41 Å². The predicted octanol–water partition coefficient (Wildman–Crippen LogP) is 2.07. The Kier molecular flexibility index (Phi) is 4.65. The Morgan fingerprint density at radius 2 is 2.20 bits per heavy atom. The van der Waals surface area contributed by atoms with E-state index in [-0.39, 0.29) is 6.04 Å². The molecule has 0 saturated carbocycles. The number of hydrogen-bond donors (Lipinski definition) is 1. The smallest absolute Gasteiger partial charge is 0.355 e. The molecule has 1 aliphatic heterocycles. The quantitative estimate of drug-likeness (QED) is 0.840. The Labute approximate surface area is 115 Å². The van der Waals surface area contributed by atoms with Crippen LogP contribution in [0.15, 0.2) is 24.3 Å². The molecule has 1 aliphatic rings. The van der Waals surface area contributed by atoms with Crippen molar-refractivity contribution in [2.75, 3.05) is 19.6 Å². The van der Waals surface area contributed by atoms with Crippen LogP contribution in [0, 0.1) is 0 Å². The molecule has 1 aromatic rings. The van der Waals surface area contributed by atoms with E-state index >= 15 is 0 Å². The number of alkyl halides is 3. The first-order valence-electron chi connectivity index (χ1n) is 6.57. The molecule has 0 radical (unpaired) electrons. The lowest BCUT2D eigenvalue weighted by molar-refractivity contribution is -0.137. The van der Waals surface area contributed by atoms with Crippen molar-refractivity contribution < 1.29 is 18.0 Å². The van der Waals surface area contributed by atoms with Crippen LogP contribution in [-0.2, 0) is 17.4 Å². The molecule has 1 fully saturated rings. The second-order valence-electron chi connectivity index (χ2n) is 5.02.